The SMILES string of the molecule is O=c1cc(-c2cccc(OC(F)(F)F)c2)c(Cl)c[nH]1. The third-order valence-corrected chi connectivity index (χ3v) is 2.57. The van der Waals surface area contributed by atoms with Gasteiger partial charge in [-0.05, 0) is 17.7 Å². The first-order chi connectivity index (χ1) is 8.85. The highest BCUT2D eigenvalue weighted by Gasteiger charge is 2.31. The van der Waals surface area contributed by atoms with Crippen molar-refractivity contribution in [2.45, 2.75) is 6.36 Å². The van der Waals surface area contributed by atoms with Crippen LogP contribution in [0.5, 0.6) is 5.75 Å². The Hall–Kier alpha value is -1.95. The van der Waals surface area contributed by atoms with Gasteiger partial charge in [-0.25, -0.2) is 0 Å². The molecule has 0 unspecified atom stereocenters. The highest BCUT2D eigenvalue weighted by Crippen LogP contribution is 2.30. The Balaban J connectivity index is 2.43. The zero-order valence-corrected chi connectivity index (χ0v) is 10.0. The van der Waals surface area contributed by atoms with Crippen molar-refractivity contribution in [3.05, 3.63) is 51.9 Å². The molecule has 1 aromatic heterocycles. The standard InChI is InChI=1S/C12H7ClF3NO2/c13-10-6-17-11(18)5-9(10)7-2-1-3-8(4-7)19-12(14,15)16/h1-6H,(H,17,18). The molecule has 0 amide bonds. The maximum atomic E-state index is 12.1. The zero-order valence-electron chi connectivity index (χ0n) is 9.29. The van der Waals surface area contributed by atoms with Crippen molar-refractivity contribution in [3.63, 3.8) is 0 Å². The molecule has 0 saturated heterocycles. The smallest absolute Gasteiger partial charge is 0.406 e. The quantitative estimate of drug-likeness (QED) is 0.918. The van der Waals surface area contributed by atoms with E-state index in [2.05, 4.69) is 9.72 Å². The summed E-state index contributed by atoms with van der Waals surface area (Å²) in [5.74, 6) is -0.374. The van der Waals surface area contributed by atoms with E-state index in [1.54, 1.807) is 0 Å². The van der Waals surface area contributed by atoms with Crippen LogP contribution in [0.3, 0.4) is 0 Å². The number of benzene rings is 1. The van der Waals surface area contributed by atoms with Crippen LogP contribution in [0.4, 0.5) is 13.2 Å². The summed E-state index contributed by atoms with van der Waals surface area (Å²) in [6, 6.07) is 6.44. The van der Waals surface area contributed by atoms with Crippen molar-refractivity contribution >= 4 is 11.6 Å². The molecule has 19 heavy (non-hydrogen) atoms. The van der Waals surface area contributed by atoms with Crippen LogP contribution in [0, 0.1) is 0 Å². The maximum absolute atomic E-state index is 12.1. The number of alkyl halides is 3. The average molecular weight is 290 g/mol. The molecule has 1 heterocycles. The predicted molar refractivity (Wildman–Crippen MR) is 64.2 cm³/mol. The minimum absolute atomic E-state index is 0.226. The molecule has 0 saturated carbocycles. The van der Waals surface area contributed by atoms with E-state index in [-0.39, 0.29) is 10.8 Å². The molecule has 0 radical (unpaired) electrons. The molecular weight excluding hydrogens is 283 g/mol. The Labute approximate surface area is 110 Å². The summed E-state index contributed by atoms with van der Waals surface area (Å²) in [5, 5.41) is 0.226. The Bertz CT molecular complexity index is 652. The van der Waals surface area contributed by atoms with Gasteiger partial charge >= 0.3 is 6.36 Å². The van der Waals surface area contributed by atoms with Gasteiger partial charge in [0.2, 0.25) is 5.56 Å². The fourth-order valence-electron chi connectivity index (χ4n) is 1.54. The Morgan fingerprint density at radius 2 is 1.95 bits per heavy atom. The van der Waals surface area contributed by atoms with Crippen LogP contribution in [-0.2, 0) is 0 Å². The van der Waals surface area contributed by atoms with Gasteiger partial charge in [0.15, 0.2) is 0 Å². The molecule has 0 atom stereocenters. The molecule has 3 nitrogen and oxygen atoms in total. The molecule has 0 spiro atoms. The highest BCUT2D eigenvalue weighted by atomic mass is 35.5. The lowest BCUT2D eigenvalue weighted by molar-refractivity contribution is -0.274. The van der Waals surface area contributed by atoms with Crippen molar-refractivity contribution in [1.82, 2.24) is 4.98 Å². The summed E-state index contributed by atoms with van der Waals surface area (Å²) >= 11 is 5.88. The average Bonchev–Trinajstić information content (AvgIpc) is 2.30. The number of hydrogen-bond donors (Lipinski definition) is 1. The van der Waals surface area contributed by atoms with Crippen molar-refractivity contribution < 1.29 is 17.9 Å². The van der Waals surface area contributed by atoms with Crippen LogP contribution in [-0.4, -0.2) is 11.3 Å². The van der Waals surface area contributed by atoms with Crippen LogP contribution in [0.15, 0.2) is 41.3 Å². The number of nitrogens with one attached hydrogen (secondary N) is 1. The van der Waals surface area contributed by atoms with E-state index < -0.39 is 11.9 Å². The van der Waals surface area contributed by atoms with Crippen LogP contribution < -0.4 is 10.3 Å². The fraction of sp³-hybridized carbons (Fsp3) is 0.0833. The van der Waals surface area contributed by atoms with Crippen molar-refractivity contribution in [2.24, 2.45) is 0 Å². The first kappa shape index (κ1) is 13.5. The summed E-state index contributed by atoms with van der Waals surface area (Å²) in [5.41, 5.74) is 0.289. The van der Waals surface area contributed by atoms with Crippen LogP contribution in [0.2, 0.25) is 5.02 Å². The van der Waals surface area contributed by atoms with Gasteiger partial charge in [0, 0.05) is 17.8 Å². The van der Waals surface area contributed by atoms with E-state index in [9.17, 15) is 18.0 Å². The highest BCUT2D eigenvalue weighted by molar-refractivity contribution is 6.33. The van der Waals surface area contributed by atoms with E-state index in [4.69, 9.17) is 11.6 Å². The molecule has 0 bridgehead atoms. The number of aromatic amines is 1. The number of H-pyrrole nitrogens is 1. The molecule has 0 fully saturated rings. The van der Waals surface area contributed by atoms with E-state index in [0.29, 0.717) is 11.1 Å². The third kappa shape index (κ3) is 3.51. The molecule has 1 N–H and O–H groups in total. The number of aromatic nitrogens is 1. The molecule has 0 aliphatic carbocycles. The summed E-state index contributed by atoms with van der Waals surface area (Å²) in [6.07, 6.45) is -3.49. The van der Waals surface area contributed by atoms with Gasteiger partial charge in [0.05, 0.1) is 5.02 Å². The summed E-state index contributed by atoms with van der Waals surface area (Å²) in [7, 11) is 0. The molecule has 0 aliphatic heterocycles. The minimum atomic E-state index is -4.77. The first-order valence-corrected chi connectivity index (χ1v) is 5.47. The second-order valence-electron chi connectivity index (χ2n) is 3.63. The van der Waals surface area contributed by atoms with Gasteiger partial charge in [-0.2, -0.15) is 0 Å². The molecule has 2 rings (SSSR count). The monoisotopic (exact) mass is 289 g/mol. The Morgan fingerprint density at radius 3 is 2.63 bits per heavy atom. The van der Waals surface area contributed by atoms with Crippen molar-refractivity contribution in [1.29, 1.82) is 0 Å². The second kappa shape index (κ2) is 4.97. The lowest BCUT2D eigenvalue weighted by Gasteiger charge is -2.10. The summed E-state index contributed by atoms with van der Waals surface area (Å²) in [4.78, 5) is 13.6. The number of pyridine rings is 1. The predicted octanol–water partition coefficient (Wildman–Crippen LogP) is 3.59. The molecule has 100 valence electrons. The first-order valence-electron chi connectivity index (χ1n) is 5.09. The normalized spacial score (nSPS) is 11.4. The van der Waals surface area contributed by atoms with Gasteiger partial charge in [-0.3, -0.25) is 4.79 Å². The van der Waals surface area contributed by atoms with Crippen molar-refractivity contribution in [2.75, 3.05) is 0 Å². The number of ether oxygens (including phenoxy) is 1. The van der Waals surface area contributed by atoms with Crippen LogP contribution in [0.1, 0.15) is 0 Å². The maximum Gasteiger partial charge on any atom is 0.573 e. The minimum Gasteiger partial charge on any atom is -0.406 e. The topological polar surface area (TPSA) is 42.1 Å². The lowest BCUT2D eigenvalue weighted by atomic mass is 10.1. The molecule has 1 aromatic carbocycles. The van der Waals surface area contributed by atoms with Gasteiger partial charge in [0.1, 0.15) is 5.75 Å². The van der Waals surface area contributed by atoms with Gasteiger partial charge in [0.25, 0.3) is 0 Å². The number of rotatable bonds is 2. The Morgan fingerprint density at radius 1 is 1.21 bits per heavy atom. The molecule has 7 heteroatoms. The molecule has 0 aliphatic rings. The lowest BCUT2D eigenvalue weighted by Crippen LogP contribution is -2.17. The van der Waals surface area contributed by atoms with Crippen LogP contribution >= 0.6 is 11.6 Å². The zero-order chi connectivity index (χ0) is 14.0. The molecule has 2 aromatic rings. The van der Waals surface area contributed by atoms with Crippen LogP contribution in [0.25, 0.3) is 11.1 Å². The van der Waals surface area contributed by atoms with E-state index in [0.717, 1.165) is 12.1 Å². The third-order valence-electron chi connectivity index (χ3n) is 2.25. The Kier molecular flexibility index (Phi) is 3.53. The van der Waals surface area contributed by atoms with Crippen molar-refractivity contribution in [3.8, 4) is 16.9 Å². The number of halogens is 4. The van der Waals surface area contributed by atoms with Gasteiger partial charge in [-0.1, -0.05) is 23.7 Å². The fourth-order valence-corrected chi connectivity index (χ4v) is 1.75. The molecular formula is C12H7ClF3NO2. The summed E-state index contributed by atoms with van der Waals surface area (Å²) in [6.45, 7) is 0. The van der Waals surface area contributed by atoms with Gasteiger partial charge in [-0.15, -0.1) is 13.2 Å². The largest absolute Gasteiger partial charge is 0.573 e. The van der Waals surface area contributed by atoms with E-state index in [1.165, 1.54) is 24.4 Å². The van der Waals surface area contributed by atoms with E-state index in [1.807, 2.05) is 0 Å². The summed E-state index contributed by atoms with van der Waals surface area (Å²) < 4.78 is 40.2. The van der Waals surface area contributed by atoms with E-state index >= 15 is 0 Å². The van der Waals surface area contributed by atoms with Gasteiger partial charge < -0.3 is 9.72 Å². The number of hydrogen-bond acceptors (Lipinski definition) is 2. The second-order valence-corrected chi connectivity index (χ2v) is 4.04.